The fourth-order valence-corrected chi connectivity index (χ4v) is 5.27. The van der Waals surface area contributed by atoms with Crippen molar-refractivity contribution < 1.29 is 39.9 Å². The van der Waals surface area contributed by atoms with Crippen molar-refractivity contribution in [1.82, 2.24) is 9.88 Å². The molecule has 170 valence electrons. The van der Waals surface area contributed by atoms with Gasteiger partial charge in [-0.3, -0.25) is 24.3 Å². The molecule has 7 N–H and O–H groups in total. The molecule has 0 unspecified atom stereocenters. The third kappa shape index (κ3) is 2.65. The van der Waals surface area contributed by atoms with E-state index in [1.54, 1.807) is 14.1 Å². The second kappa shape index (κ2) is 7.12. The molecule has 0 bridgehead atoms. The van der Waals surface area contributed by atoms with Gasteiger partial charge in [0.15, 0.2) is 17.1 Å². The second-order valence-corrected chi connectivity index (χ2v) is 8.57. The molecule has 3 aliphatic carbocycles. The Kier molecular flexibility index (Phi) is 4.88. The van der Waals surface area contributed by atoms with Gasteiger partial charge in [-0.25, -0.2) is 0 Å². The zero-order valence-electron chi connectivity index (χ0n) is 17.4. The summed E-state index contributed by atoms with van der Waals surface area (Å²) in [5.74, 6) is -7.20. The highest BCUT2D eigenvalue weighted by Crippen LogP contribution is 2.52. The SMILES string of the molecule is CN(C)[C@@H]1C(O)=C(C(N)=O)C(=O)[C@@]2(O)C(O)=C3C(=O)c4c(cnc(CO)c4O)C[C@H]3C[C@@H]12. The Morgan fingerprint density at radius 3 is 2.50 bits per heavy atom. The molecule has 1 heterocycles. The fraction of sp³-hybridized carbons (Fsp3) is 0.429. The molecular formula is C21H23N3O8. The summed E-state index contributed by atoms with van der Waals surface area (Å²) in [4.78, 5) is 43.8. The molecule has 0 saturated heterocycles. The Balaban J connectivity index is 1.96. The number of hydrogen-bond donors (Lipinski definition) is 6. The van der Waals surface area contributed by atoms with Crippen LogP contribution in [0.25, 0.3) is 0 Å². The number of aromatic nitrogens is 1. The van der Waals surface area contributed by atoms with Crippen molar-refractivity contribution >= 4 is 17.5 Å². The maximum atomic E-state index is 13.3. The molecule has 1 amide bonds. The van der Waals surface area contributed by atoms with Crippen LogP contribution in [0.4, 0.5) is 0 Å². The van der Waals surface area contributed by atoms with Crippen molar-refractivity contribution in [3.05, 3.63) is 45.7 Å². The average molecular weight is 445 g/mol. The third-order valence-electron chi connectivity index (χ3n) is 6.69. The number of aromatic hydroxyl groups is 1. The van der Waals surface area contributed by atoms with Crippen molar-refractivity contribution in [2.24, 2.45) is 17.6 Å². The van der Waals surface area contributed by atoms with Crippen molar-refractivity contribution in [3.8, 4) is 5.75 Å². The van der Waals surface area contributed by atoms with Gasteiger partial charge in [0.05, 0.1) is 18.2 Å². The predicted octanol–water partition coefficient (Wildman–Crippen LogP) is -0.992. The number of aliphatic hydroxyl groups is 4. The van der Waals surface area contributed by atoms with Crippen LogP contribution in [0.3, 0.4) is 0 Å². The lowest BCUT2D eigenvalue weighted by Crippen LogP contribution is -2.63. The molecule has 3 aliphatic rings. The first-order valence-electron chi connectivity index (χ1n) is 9.92. The van der Waals surface area contributed by atoms with E-state index in [1.165, 1.54) is 11.1 Å². The molecule has 0 aliphatic heterocycles. The number of nitrogens with two attached hydrogens (primary N) is 1. The van der Waals surface area contributed by atoms with Gasteiger partial charge in [0, 0.05) is 17.7 Å². The van der Waals surface area contributed by atoms with Crippen LogP contribution < -0.4 is 5.73 Å². The van der Waals surface area contributed by atoms with E-state index in [1.807, 2.05) is 0 Å². The number of allylic oxidation sites excluding steroid dienone is 1. The van der Waals surface area contributed by atoms with Crippen LogP contribution in [0.5, 0.6) is 5.75 Å². The summed E-state index contributed by atoms with van der Waals surface area (Å²) in [6.07, 6.45) is 1.51. The molecular weight excluding hydrogens is 422 g/mol. The molecule has 11 nitrogen and oxygen atoms in total. The van der Waals surface area contributed by atoms with Crippen molar-refractivity contribution in [1.29, 1.82) is 0 Å². The quantitative estimate of drug-likeness (QED) is 0.314. The van der Waals surface area contributed by atoms with E-state index < -0.39 is 70.4 Å². The average Bonchev–Trinajstić information content (AvgIpc) is 2.70. The lowest BCUT2D eigenvalue weighted by atomic mass is 9.58. The number of carbonyl (C=O) groups is 3. The van der Waals surface area contributed by atoms with Gasteiger partial charge in [-0.2, -0.15) is 0 Å². The van der Waals surface area contributed by atoms with E-state index >= 15 is 0 Å². The highest BCUT2D eigenvalue weighted by atomic mass is 16.3. The Morgan fingerprint density at radius 2 is 1.94 bits per heavy atom. The van der Waals surface area contributed by atoms with Gasteiger partial charge in [-0.15, -0.1) is 0 Å². The van der Waals surface area contributed by atoms with Crippen LogP contribution in [0.1, 0.15) is 28.0 Å². The Bertz CT molecular complexity index is 1140. The number of nitrogens with zero attached hydrogens (tertiary/aromatic N) is 2. The number of ketones is 2. The number of fused-ring (bicyclic) bond motifs is 3. The number of Topliss-reactive ketones (excluding diaryl/α,β-unsaturated/α-hetero) is 2. The van der Waals surface area contributed by atoms with Crippen LogP contribution in [0.2, 0.25) is 0 Å². The van der Waals surface area contributed by atoms with Gasteiger partial charge in [0.2, 0.25) is 5.78 Å². The summed E-state index contributed by atoms with van der Waals surface area (Å²) in [5.41, 5.74) is 1.57. The summed E-state index contributed by atoms with van der Waals surface area (Å²) in [6, 6.07) is -1.04. The highest BCUT2D eigenvalue weighted by molar-refractivity contribution is 6.24. The minimum absolute atomic E-state index is 0.00821. The molecule has 0 saturated carbocycles. The number of aliphatic hydroxyl groups excluding tert-OH is 3. The second-order valence-electron chi connectivity index (χ2n) is 8.57. The number of rotatable bonds is 3. The third-order valence-corrected chi connectivity index (χ3v) is 6.69. The number of hydrogen-bond acceptors (Lipinski definition) is 10. The van der Waals surface area contributed by atoms with Crippen LogP contribution in [-0.4, -0.2) is 78.6 Å². The summed E-state index contributed by atoms with van der Waals surface area (Å²) < 4.78 is 0. The van der Waals surface area contributed by atoms with Crippen LogP contribution in [-0.2, 0) is 22.6 Å². The molecule has 32 heavy (non-hydrogen) atoms. The molecule has 0 radical (unpaired) electrons. The van der Waals surface area contributed by atoms with Crippen molar-refractivity contribution in [2.45, 2.75) is 31.1 Å². The van der Waals surface area contributed by atoms with E-state index in [4.69, 9.17) is 5.73 Å². The Hall–Kier alpha value is -3.28. The standard InChI is InChI=1S/C21H23N3O8/c1-24(2)14-9-4-7-3-8-5-23-10(6-25)15(26)11(8)16(27)12(7)18(29)21(9,32)19(30)13(17(14)28)20(22)31/h5,7,9,14,25-26,28-29,32H,3-4,6H2,1-2H3,(H2,22,31)/t7-,9-,14-,21-/m0/s1. The van der Waals surface area contributed by atoms with Gasteiger partial charge >= 0.3 is 0 Å². The van der Waals surface area contributed by atoms with Gasteiger partial charge in [0.1, 0.15) is 22.8 Å². The van der Waals surface area contributed by atoms with Gasteiger partial charge < -0.3 is 31.3 Å². The van der Waals surface area contributed by atoms with E-state index in [0.29, 0.717) is 5.56 Å². The molecule has 11 heteroatoms. The van der Waals surface area contributed by atoms with Crippen LogP contribution in [0.15, 0.2) is 28.9 Å². The van der Waals surface area contributed by atoms with Gasteiger partial charge in [-0.1, -0.05) is 0 Å². The van der Waals surface area contributed by atoms with Gasteiger partial charge in [0.25, 0.3) is 5.91 Å². The first-order valence-corrected chi connectivity index (χ1v) is 9.92. The molecule has 1 aromatic rings. The molecule has 0 fully saturated rings. The van der Waals surface area contributed by atoms with E-state index in [2.05, 4.69) is 4.98 Å². The zero-order valence-corrected chi connectivity index (χ0v) is 17.4. The molecule has 4 rings (SSSR count). The lowest BCUT2D eigenvalue weighted by molar-refractivity contribution is -0.148. The van der Waals surface area contributed by atoms with Crippen LogP contribution in [0, 0.1) is 11.8 Å². The molecule has 0 aromatic carbocycles. The monoisotopic (exact) mass is 445 g/mol. The number of likely N-dealkylation sites (N-methyl/N-ethyl adjacent to an activating group) is 1. The summed E-state index contributed by atoms with van der Waals surface area (Å²) in [7, 11) is 3.12. The Labute approximate surface area is 182 Å². The van der Waals surface area contributed by atoms with E-state index in [-0.39, 0.29) is 29.7 Å². The van der Waals surface area contributed by atoms with E-state index in [0.717, 1.165) is 0 Å². The maximum Gasteiger partial charge on any atom is 0.255 e. The van der Waals surface area contributed by atoms with Crippen LogP contribution >= 0.6 is 0 Å². The molecule has 1 aromatic heterocycles. The predicted molar refractivity (Wildman–Crippen MR) is 107 cm³/mol. The van der Waals surface area contributed by atoms with Crippen molar-refractivity contribution in [2.75, 3.05) is 14.1 Å². The van der Waals surface area contributed by atoms with Crippen molar-refractivity contribution in [3.63, 3.8) is 0 Å². The first kappa shape index (κ1) is 21.9. The largest absolute Gasteiger partial charge is 0.510 e. The number of amides is 1. The number of primary amides is 1. The smallest absolute Gasteiger partial charge is 0.255 e. The minimum Gasteiger partial charge on any atom is -0.510 e. The van der Waals surface area contributed by atoms with E-state index in [9.17, 15) is 39.9 Å². The molecule has 0 spiro atoms. The topological polar surface area (TPSA) is 195 Å². The number of carbonyl (C=O) groups excluding carboxylic acids is 3. The number of pyridine rings is 1. The fourth-order valence-electron chi connectivity index (χ4n) is 5.27. The summed E-state index contributed by atoms with van der Waals surface area (Å²) >= 11 is 0. The summed E-state index contributed by atoms with van der Waals surface area (Å²) in [5, 5.41) is 53.0. The Morgan fingerprint density at radius 1 is 1.28 bits per heavy atom. The normalized spacial score (nSPS) is 29.7. The maximum absolute atomic E-state index is 13.3. The first-order chi connectivity index (χ1) is 15.0. The zero-order chi connectivity index (χ0) is 23.7. The summed E-state index contributed by atoms with van der Waals surface area (Å²) in [6.45, 7) is -0.623. The highest BCUT2D eigenvalue weighted by Gasteiger charge is 2.63. The minimum atomic E-state index is -2.67. The molecule has 4 atom stereocenters. The lowest BCUT2D eigenvalue weighted by Gasteiger charge is -2.50. The van der Waals surface area contributed by atoms with Gasteiger partial charge in [-0.05, 0) is 38.4 Å².